The Bertz CT molecular complexity index is 650. The van der Waals surface area contributed by atoms with Gasteiger partial charge >= 0.3 is 5.97 Å². The molecule has 0 spiro atoms. The monoisotopic (exact) mass is 328 g/mol. The smallest absolute Gasteiger partial charge is 0.345 e. The van der Waals surface area contributed by atoms with Crippen molar-refractivity contribution in [1.82, 2.24) is 9.78 Å². The molecule has 2 N–H and O–H groups in total. The second-order valence-corrected chi connectivity index (χ2v) is 5.92. The molecule has 1 aromatic heterocycles. The van der Waals surface area contributed by atoms with Crippen molar-refractivity contribution in [1.29, 1.82) is 0 Å². The van der Waals surface area contributed by atoms with Crippen molar-refractivity contribution in [2.24, 2.45) is 0 Å². The van der Waals surface area contributed by atoms with Gasteiger partial charge in [-0.25, -0.2) is 4.79 Å². The van der Waals surface area contributed by atoms with Gasteiger partial charge in [-0.3, -0.25) is 14.6 Å². The molecule has 1 aromatic rings. The average molecular weight is 328 g/mol. The average Bonchev–Trinajstić information content (AvgIpc) is 3.09. The van der Waals surface area contributed by atoms with Crippen LogP contribution in [0.1, 0.15) is 37.4 Å². The van der Waals surface area contributed by atoms with E-state index in [-0.39, 0.29) is 18.8 Å². The van der Waals surface area contributed by atoms with Gasteiger partial charge in [-0.15, -0.1) is 0 Å². The van der Waals surface area contributed by atoms with Crippen LogP contribution in [0.5, 0.6) is 0 Å². The lowest BCUT2D eigenvalue weighted by Gasteiger charge is -2.23. The summed E-state index contributed by atoms with van der Waals surface area (Å²) in [6, 6.07) is 0. The Morgan fingerprint density at radius 2 is 2.13 bits per heavy atom. The molecule has 2 fully saturated rings. The molecule has 3 rings (SSSR count). The first-order chi connectivity index (χ1) is 10.9. The maximum atomic E-state index is 11.9. The van der Waals surface area contributed by atoms with E-state index in [1.165, 1.54) is 10.9 Å². The molecule has 2 saturated heterocycles. The summed E-state index contributed by atoms with van der Waals surface area (Å²) in [5.41, 5.74) is -0.688. The lowest BCUT2D eigenvalue weighted by molar-refractivity contribution is -0.201. The number of aromatic nitrogens is 2. The van der Waals surface area contributed by atoms with E-state index in [2.05, 4.69) is 5.10 Å². The molecular weight excluding hydrogens is 308 g/mol. The first-order valence-electron chi connectivity index (χ1n) is 7.46. The number of carbonyl (C=O) groups is 1. The zero-order valence-corrected chi connectivity index (χ0v) is 13.1. The summed E-state index contributed by atoms with van der Waals surface area (Å²) in [5.74, 6) is -1.52. The van der Waals surface area contributed by atoms with Crippen molar-refractivity contribution >= 4 is 5.97 Å². The number of hydrogen-bond donors (Lipinski definition) is 2. The van der Waals surface area contributed by atoms with Crippen molar-refractivity contribution in [2.75, 3.05) is 13.2 Å². The molecule has 0 bridgehead atoms. The number of ether oxygens (including phenoxy) is 4. The molecule has 4 atom stereocenters. The normalized spacial score (nSPS) is 32.0. The molecule has 2 aliphatic rings. The third-order valence-electron chi connectivity index (χ3n) is 3.82. The van der Waals surface area contributed by atoms with E-state index in [0.717, 1.165) is 0 Å². The SMILES string of the molecule is CCOC(=O)c1cn([C@@H]2O[C@H](CO)[C@H]3OC(C)(C)O[C@H]32)[nH]c1=O. The van der Waals surface area contributed by atoms with Gasteiger partial charge in [-0.05, 0) is 20.8 Å². The quantitative estimate of drug-likeness (QED) is 0.734. The molecule has 3 heterocycles. The largest absolute Gasteiger partial charge is 0.462 e. The van der Waals surface area contributed by atoms with Crippen molar-refractivity contribution < 1.29 is 28.8 Å². The van der Waals surface area contributed by atoms with Crippen LogP contribution in [0.2, 0.25) is 0 Å². The summed E-state index contributed by atoms with van der Waals surface area (Å²) in [5, 5.41) is 12.0. The number of rotatable bonds is 4. The predicted molar refractivity (Wildman–Crippen MR) is 75.8 cm³/mol. The number of carbonyl (C=O) groups excluding carboxylic acids is 1. The first-order valence-corrected chi connectivity index (χ1v) is 7.46. The summed E-state index contributed by atoms with van der Waals surface area (Å²) in [6.45, 7) is 5.11. The number of H-pyrrole nitrogens is 1. The number of nitrogens with zero attached hydrogens (tertiary/aromatic N) is 1. The Labute approximate surface area is 132 Å². The Kier molecular flexibility index (Phi) is 4.05. The predicted octanol–water partition coefficient (Wildman–Crippen LogP) is -0.237. The van der Waals surface area contributed by atoms with Gasteiger partial charge in [-0.2, -0.15) is 0 Å². The molecule has 0 amide bonds. The Hall–Kier alpha value is -1.68. The highest BCUT2D eigenvalue weighted by Crippen LogP contribution is 2.42. The molecule has 2 aliphatic heterocycles. The molecule has 0 aliphatic carbocycles. The highest BCUT2D eigenvalue weighted by molar-refractivity contribution is 5.88. The third-order valence-corrected chi connectivity index (χ3v) is 3.82. The van der Waals surface area contributed by atoms with E-state index < -0.39 is 41.9 Å². The number of fused-ring (bicyclic) bond motifs is 1. The fourth-order valence-electron chi connectivity index (χ4n) is 2.93. The molecular formula is C14H20N2O7. The van der Waals surface area contributed by atoms with Crippen LogP contribution in [-0.2, 0) is 18.9 Å². The van der Waals surface area contributed by atoms with Gasteiger partial charge in [-0.1, -0.05) is 0 Å². The van der Waals surface area contributed by atoms with Crippen LogP contribution in [-0.4, -0.2) is 58.2 Å². The topological polar surface area (TPSA) is 112 Å². The zero-order valence-electron chi connectivity index (χ0n) is 13.1. The minimum Gasteiger partial charge on any atom is -0.462 e. The van der Waals surface area contributed by atoms with Gasteiger partial charge in [0.15, 0.2) is 12.0 Å². The van der Waals surface area contributed by atoms with Gasteiger partial charge in [0, 0.05) is 6.20 Å². The van der Waals surface area contributed by atoms with Gasteiger partial charge in [0.25, 0.3) is 5.56 Å². The number of nitrogens with one attached hydrogen (secondary N) is 1. The van der Waals surface area contributed by atoms with Gasteiger partial charge in [0.1, 0.15) is 23.9 Å². The number of aromatic amines is 1. The minimum atomic E-state index is -0.817. The summed E-state index contributed by atoms with van der Waals surface area (Å²) < 4.78 is 23.5. The molecule has 9 heteroatoms. The van der Waals surface area contributed by atoms with E-state index in [1.54, 1.807) is 20.8 Å². The van der Waals surface area contributed by atoms with Crippen molar-refractivity contribution in [3.05, 3.63) is 22.1 Å². The molecule has 23 heavy (non-hydrogen) atoms. The molecule has 0 saturated carbocycles. The standard InChI is InChI=1S/C14H20N2O7/c1-4-20-13(19)7-5-16(15-11(7)18)12-10-9(8(6-17)21-12)22-14(2,3)23-10/h5,8-10,12,17H,4,6H2,1-3H3,(H,15,18)/t8-,9-,10-,12-/m1/s1. The van der Waals surface area contributed by atoms with Crippen LogP contribution in [0.15, 0.2) is 11.0 Å². The highest BCUT2D eigenvalue weighted by Gasteiger charge is 2.55. The number of aliphatic hydroxyl groups is 1. The van der Waals surface area contributed by atoms with Crippen molar-refractivity contribution in [2.45, 2.75) is 51.1 Å². The Morgan fingerprint density at radius 3 is 2.78 bits per heavy atom. The van der Waals surface area contributed by atoms with Crippen LogP contribution in [0.4, 0.5) is 0 Å². The van der Waals surface area contributed by atoms with E-state index in [4.69, 9.17) is 18.9 Å². The summed E-state index contributed by atoms with van der Waals surface area (Å²) >= 11 is 0. The van der Waals surface area contributed by atoms with Crippen LogP contribution in [0.3, 0.4) is 0 Å². The van der Waals surface area contributed by atoms with Gasteiger partial charge in [0.05, 0.1) is 13.2 Å². The summed E-state index contributed by atoms with van der Waals surface area (Å²) in [4.78, 5) is 23.7. The summed E-state index contributed by atoms with van der Waals surface area (Å²) in [7, 11) is 0. The molecule has 0 unspecified atom stereocenters. The minimum absolute atomic E-state index is 0.113. The van der Waals surface area contributed by atoms with Gasteiger partial charge in [0.2, 0.25) is 0 Å². The van der Waals surface area contributed by atoms with Crippen molar-refractivity contribution in [3.8, 4) is 0 Å². The lowest BCUT2D eigenvalue weighted by Crippen LogP contribution is -2.31. The number of esters is 1. The second-order valence-electron chi connectivity index (χ2n) is 5.92. The second kappa shape index (κ2) is 5.75. The molecule has 128 valence electrons. The summed E-state index contributed by atoms with van der Waals surface area (Å²) in [6.07, 6.45) is -0.938. The molecule has 0 aromatic carbocycles. The van der Waals surface area contributed by atoms with E-state index in [1.807, 2.05) is 0 Å². The van der Waals surface area contributed by atoms with E-state index >= 15 is 0 Å². The van der Waals surface area contributed by atoms with Gasteiger partial charge < -0.3 is 24.1 Å². The zero-order chi connectivity index (χ0) is 16.8. The van der Waals surface area contributed by atoms with Crippen LogP contribution in [0.25, 0.3) is 0 Å². The fraction of sp³-hybridized carbons (Fsp3) is 0.714. The molecule has 0 radical (unpaired) electrons. The fourth-order valence-corrected chi connectivity index (χ4v) is 2.93. The molecule has 9 nitrogen and oxygen atoms in total. The first kappa shape index (κ1) is 16.2. The van der Waals surface area contributed by atoms with Crippen LogP contribution >= 0.6 is 0 Å². The number of hydrogen-bond acceptors (Lipinski definition) is 7. The van der Waals surface area contributed by atoms with Crippen LogP contribution < -0.4 is 5.56 Å². The van der Waals surface area contributed by atoms with Crippen LogP contribution in [0, 0.1) is 0 Å². The third kappa shape index (κ3) is 2.80. The highest BCUT2D eigenvalue weighted by atomic mass is 16.8. The van der Waals surface area contributed by atoms with Crippen molar-refractivity contribution in [3.63, 3.8) is 0 Å². The Morgan fingerprint density at radius 1 is 1.43 bits per heavy atom. The van der Waals surface area contributed by atoms with E-state index in [9.17, 15) is 14.7 Å². The number of aliphatic hydroxyl groups excluding tert-OH is 1. The maximum Gasteiger partial charge on any atom is 0.345 e. The van der Waals surface area contributed by atoms with E-state index in [0.29, 0.717) is 0 Å². The maximum absolute atomic E-state index is 11.9. The lowest BCUT2D eigenvalue weighted by atomic mass is 10.1. The Balaban J connectivity index is 1.88.